The number of carbonyl (C=O) groups is 3. The van der Waals surface area contributed by atoms with E-state index in [1.165, 1.54) is 0 Å². The van der Waals surface area contributed by atoms with Gasteiger partial charge in [-0.1, -0.05) is 28.9 Å². The summed E-state index contributed by atoms with van der Waals surface area (Å²) in [5, 5.41) is 11.0. The maximum absolute atomic E-state index is 13.3. The van der Waals surface area contributed by atoms with Gasteiger partial charge in [-0.25, -0.2) is 0 Å². The van der Waals surface area contributed by atoms with E-state index in [1.807, 2.05) is 17.0 Å². The number of hydrogen-bond donors (Lipinski definition) is 2. The van der Waals surface area contributed by atoms with E-state index in [2.05, 4.69) is 20.7 Å². The molecule has 3 atom stereocenters. The number of benzene rings is 1. The van der Waals surface area contributed by atoms with E-state index in [1.54, 1.807) is 30.0 Å². The van der Waals surface area contributed by atoms with Crippen LogP contribution < -0.4 is 10.6 Å². The zero-order chi connectivity index (χ0) is 25.9. The van der Waals surface area contributed by atoms with Crippen molar-refractivity contribution in [3.05, 3.63) is 41.1 Å². The number of amides is 3. The van der Waals surface area contributed by atoms with Gasteiger partial charge in [0.25, 0.3) is 0 Å². The molecule has 3 heterocycles. The number of nitrogens with zero attached hydrogens (tertiary/aromatic N) is 4. The average molecular weight is 529 g/mol. The predicted molar refractivity (Wildman–Crippen MR) is 137 cm³/mol. The lowest BCUT2D eigenvalue weighted by Crippen LogP contribution is -2.62. The summed E-state index contributed by atoms with van der Waals surface area (Å²) in [6.07, 6.45) is 2.76. The van der Waals surface area contributed by atoms with E-state index >= 15 is 0 Å². The predicted octanol–water partition coefficient (Wildman–Crippen LogP) is 1.70. The first-order valence-electron chi connectivity index (χ1n) is 12.9. The second kappa shape index (κ2) is 11.2. The lowest BCUT2D eigenvalue weighted by molar-refractivity contribution is -0.146. The molecule has 2 aliphatic heterocycles. The molecule has 3 amide bonds. The molecule has 2 saturated heterocycles. The van der Waals surface area contributed by atoms with Gasteiger partial charge in [0.2, 0.25) is 17.7 Å². The minimum absolute atomic E-state index is 0.00478. The smallest absolute Gasteiger partial charge is 0.240 e. The first-order valence-corrected chi connectivity index (χ1v) is 13.2. The van der Waals surface area contributed by atoms with Crippen molar-refractivity contribution in [2.75, 3.05) is 39.4 Å². The molecule has 5 rings (SSSR count). The highest BCUT2D eigenvalue weighted by atomic mass is 35.5. The molecule has 3 aliphatic rings. The highest BCUT2D eigenvalue weighted by Gasteiger charge is 2.42. The summed E-state index contributed by atoms with van der Waals surface area (Å²) < 4.78 is 5.35. The molecule has 37 heavy (non-hydrogen) atoms. The van der Waals surface area contributed by atoms with Crippen molar-refractivity contribution in [1.29, 1.82) is 0 Å². The molecule has 1 aromatic carbocycles. The molecule has 11 heteroatoms. The highest BCUT2D eigenvalue weighted by Crippen LogP contribution is 2.32. The number of hydrogen-bond acceptors (Lipinski definition) is 7. The van der Waals surface area contributed by atoms with Crippen molar-refractivity contribution < 1.29 is 18.9 Å². The molecule has 1 saturated carbocycles. The van der Waals surface area contributed by atoms with Crippen LogP contribution in [-0.4, -0.2) is 89.1 Å². The molecular formula is C26H33ClN6O4. The molecule has 0 bridgehead atoms. The van der Waals surface area contributed by atoms with Crippen LogP contribution >= 0.6 is 11.6 Å². The Morgan fingerprint density at radius 2 is 1.92 bits per heavy atom. The van der Waals surface area contributed by atoms with E-state index in [0.717, 1.165) is 51.0 Å². The van der Waals surface area contributed by atoms with Crippen molar-refractivity contribution in [2.24, 2.45) is 5.92 Å². The third-order valence-electron chi connectivity index (χ3n) is 7.76. The van der Waals surface area contributed by atoms with Gasteiger partial charge in [0.15, 0.2) is 5.76 Å². The van der Waals surface area contributed by atoms with Gasteiger partial charge in [-0.3, -0.25) is 24.6 Å². The number of piperazine rings is 1. The zero-order valence-electron chi connectivity index (χ0n) is 21.0. The van der Waals surface area contributed by atoms with Crippen LogP contribution in [0.4, 0.5) is 0 Å². The number of rotatable bonds is 6. The van der Waals surface area contributed by atoms with Gasteiger partial charge in [-0.15, -0.1) is 0 Å². The van der Waals surface area contributed by atoms with Crippen molar-refractivity contribution in [2.45, 2.75) is 44.8 Å². The number of carbonyl (C=O) groups excluding carboxylic acids is 3. The van der Waals surface area contributed by atoms with Crippen molar-refractivity contribution in [1.82, 2.24) is 30.5 Å². The molecule has 1 aliphatic carbocycles. The number of fused-ring (bicyclic) bond motifs is 1. The Morgan fingerprint density at radius 3 is 2.65 bits per heavy atom. The van der Waals surface area contributed by atoms with Gasteiger partial charge in [-0.05, 0) is 31.4 Å². The third kappa shape index (κ3) is 5.97. The topological polar surface area (TPSA) is 111 Å². The molecule has 0 radical (unpaired) electrons. The van der Waals surface area contributed by atoms with Crippen molar-refractivity contribution in [3.63, 3.8) is 0 Å². The van der Waals surface area contributed by atoms with Crippen LogP contribution in [0.1, 0.15) is 31.9 Å². The Balaban J connectivity index is 1.11. The molecular weight excluding hydrogens is 496 g/mol. The Kier molecular flexibility index (Phi) is 7.78. The Hall–Kier alpha value is -2.95. The Labute approximate surface area is 221 Å². The van der Waals surface area contributed by atoms with Crippen LogP contribution in [-0.2, 0) is 20.9 Å². The maximum atomic E-state index is 13.3. The van der Waals surface area contributed by atoms with Crippen LogP contribution in [0.15, 0.2) is 34.9 Å². The lowest BCUT2D eigenvalue weighted by atomic mass is 9.79. The van der Waals surface area contributed by atoms with Gasteiger partial charge in [0, 0.05) is 61.8 Å². The summed E-state index contributed by atoms with van der Waals surface area (Å²) in [6, 6.07) is 9.53. The van der Waals surface area contributed by atoms with Crippen molar-refractivity contribution in [3.8, 4) is 11.3 Å². The molecule has 3 unspecified atom stereocenters. The van der Waals surface area contributed by atoms with E-state index in [4.69, 9.17) is 16.1 Å². The van der Waals surface area contributed by atoms with Crippen LogP contribution in [0.5, 0.6) is 0 Å². The average Bonchev–Trinajstić information content (AvgIpc) is 3.38. The summed E-state index contributed by atoms with van der Waals surface area (Å²) >= 11 is 5.94. The van der Waals surface area contributed by atoms with Crippen LogP contribution in [0, 0.1) is 5.92 Å². The molecule has 2 aromatic rings. The Morgan fingerprint density at radius 1 is 1.16 bits per heavy atom. The van der Waals surface area contributed by atoms with Gasteiger partial charge in [0.1, 0.15) is 12.2 Å². The van der Waals surface area contributed by atoms with Gasteiger partial charge >= 0.3 is 0 Å². The highest BCUT2D eigenvalue weighted by molar-refractivity contribution is 6.30. The van der Waals surface area contributed by atoms with Gasteiger partial charge in [0.05, 0.1) is 19.1 Å². The first kappa shape index (κ1) is 25.7. The zero-order valence-corrected chi connectivity index (χ0v) is 21.7. The molecule has 198 valence electrons. The van der Waals surface area contributed by atoms with E-state index in [0.29, 0.717) is 29.2 Å². The summed E-state index contributed by atoms with van der Waals surface area (Å²) in [7, 11) is 0. The molecule has 0 spiro atoms. The van der Waals surface area contributed by atoms with E-state index < -0.39 is 0 Å². The fourth-order valence-corrected chi connectivity index (χ4v) is 5.77. The normalized spacial score (nSPS) is 24.6. The van der Waals surface area contributed by atoms with Crippen LogP contribution in [0.3, 0.4) is 0 Å². The minimum atomic E-state index is -0.245. The largest absolute Gasteiger partial charge is 0.359 e. The maximum Gasteiger partial charge on any atom is 0.240 e. The SMILES string of the molecule is CC(=O)N1CCN(C2CCC3NCN(CC(=O)NCc4cc(-c5ccc(Cl)cc5)no4)C(=O)C3C2)CC1. The monoisotopic (exact) mass is 528 g/mol. The number of nitrogens with one attached hydrogen (secondary N) is 2. The molecule has 2 N–H and O–H groups in total. The second-order valence-electron chi connectivity index (χ2n) is 10.1. The van der Waals surface area contributed by atoms with Crippen LogP contribution in [0.25, 0.3) is 11.3 Å². The fraction of sp³-hybridized carbons (Fsp3) is 0.538. The number of aromatic nitrogens is 1. The summed E-state index contributed by atoms with van der Waals surface area (Å²) in [5.41, 5.74) is 1.54. The van der Waals surface area contributed by atoms with Gasteiger partial charge in [-0.2, -0.15) is 0 Å². The van der Waals surface area contributed by atoms with E-state index in [-0.39, 0.29) is 42.8 Å². The number of halogens is 1. The standard InChI is InChI=1S/C26H33ClN6O4/c1-17(34)31-8-10-32(11-9-31)20-6-7-23-22(12-20)26(36)33(16-29-23)15-25(35)28-14-21-13-24(30-37-21)18-2-4-19(27)5-3-18/h2-5,13,20,22-23,29H,6-12,14-16H2,1H3,(H,28,35). The first-order chi connectivity index (χ1) is 17.9. The molecule has 3 fully saturated rings. The van der Waals surface area contributed by atoms with Crippen LogP contribution in [0.2, 0.25) is 5.02 Å². The second-order valence-corrected chi connectivity index (χ2v) is 10.5. The fourth-order valence-electron chi connectivity index (χ4n) is 5.64. The van der Waals surface area contributed by atoms with Gasteiger partial charge < -0.3 is 19.6 Å². The third-order valence-corrected chi connectivity index (χ3v) is 8.02. The van der Waals surface area contributed by atoms with Crippen molar-refractivity contribution >= 4 is 29.3 Å². The summed E-state index contributed by atoms with van der Waals surface area (Å²) in [6.45, 7) is 5.34. The van der Waals surface area contributed by atoms with E-state index in [9.17, 15) is 14.4 Å². The Bertz CT molecular complexity index is 1130. The molecule has 1 aromatic heterocycles. The lowest BCUT2D eigenvalue weighted by Gasteiger charge is -2.47. The summed E-state index contributed by atoms with van der Waals surface area (Å²) in [4.78, 5) is 43.5. The summed E-state index contributed by atoms with van der Waals surface area (Å²) in [5.74, 6) is 0.305. The minimum Gasteiger partial charge on any atom is -0.359 e. The quantitative estimate of drug-likeness (QED) is 0.587. The molecule has 10 nitrogen and oxygen atoms in total.